The van der Waals surface area contributed by atoms with Crippen LogP contribution in [0, 0.1) is 0 Å². The third-order valence-corrected chi connectivity index (χ3v) is 3.92. The lowest BCUT2D eigenvalue weighted by molar-refractivity contribution is 0.354. The van der Waals surface area contributed by atoms with Crippen LogP contribution in [0.2, 0.25) is 0 Å². The highest BCUT2D eigenvalue weighted by atomic mass is 79.9. The fourth-order valence-corrected chi connectivity index (χ4v) is 2.57. The van der Waals surface area contributed by atoms with Crippen LogP contribution < -0.4 is 14.2 Å². The first-order valence-electron chi connectivity index (χ1n) is 6.38. The predicted octanol–water partition coefficient (Wildman–Crippen LogP) is 3.18. The molecule has 1 atom stereocenters. The molecule has 1 heterocycles. The van der Waals surface area contributed by atoms with Crippen molar-refractivity contribution in [2.75, 3.05) is 21.3 Å². The quantitative estimate of drug-likeness (QED) is 0.747. The standard InChI is InChI=1S/C15H17BrN2O3/c1-19-13-5-4-10(6-14(13)20-2)12(16)7-11-8-15(21-3)18-9-17-11/h4-6,8-9,12H,7H2,1-3H3. The zero-order valence-corrected chi connectivity index (χ0v) is 13.8. The Morgan fingerprint density at radius 3 is 2.43 bits per heavy atom. The summed E-state index contributed by atoms with van der Waals surface area (Å²) in [6, 6.07) is 7.67. The Kier molecular flexibility index (Phi) is 5.38. The van der Waals surface area contributed by atoms with Gasteiger partial charge >= 0.3 is 0 Å². The molecule has 2 aromatic rings. The molecule has 0 N–H and O–H groups in total. The summed E-state index contributed by atoms with van der Waals surface area (Å²) in [4.78, 5) is 8.36. The Labute approximate surface area is 132 Å². The molecule has 2 rings (SSSR count). The van der Waals surface area contributed by atoms with Crippen LogP contribution in [0.1, 0.15) is 16.1 Å². The van der Waals surface area contributed by atoms with E-state index in [1.807, 2.05) is 24.3 Å². The second-order valence-electron chi connectivity index (χ2n) is 4.34. The van der Waals surface area contributed by atoms with Crippen molar-refractivity contribution in [1.82, 2.24) is 9.97 Å². The molecule has 112 valence electrons. The van der Waals surface area contributed by atoms with E-state index in [1.165, 1.54) is 6.33 Å². The lowest BCUT2D eigenvalue weighted by Crippen LogP contribution is -2.00. The zero-order chi connectivity index (χ0) is 15.2. The van der Waals surface area contributed by atoms with Crippen molar-refractivity contribution in [2.24, 2.45) is 0 Å². The fourth-order valence-electron chi connectivity index (χ4n) is 1.95. The number of nitrogens with zero attached hydrogens (tertiary/aromatic N) is 2. The fraction of sp³-hybridized carbons (Fsp3) is 0.333. The summed E-state index contributed by atoms with van der Waals surface area (Å²) < 4.78 is 15.7. The molecule has 6 heteroatoms. The van der Waals surface area contributed by atoms with Gasteiger partial charge in [0.25, 0.3) is 0 Å². The van der Waals surface area contributed by atoms with E-state index >= 15 is 0 Å². The average Bonchev–Trinajstić information content (AvgIpc) is 2.54. The molecule has 1 aromatic carbocycles. The van der Waals surface area contributed by atoms with E-state index in [4.69, 9.17) is 14.2 Å². The van der Waals surface area contributed by atoms with Crippen LogP contribution in [0.25, 0.3) is 0 Å². The van der Waals surface area contributed by atoms with E-state index in [0.717, 1.165) is 11.3 Å². The molecule has 21 heavy (non-hydrogen) atoms. The molecule has 1 unspecified atom stereocenters. The van der Waals surface area contributed by atoms with Gasteiger partial charge in [-0.1, -0.05) is 22.0 Å². The number of alkyl halides is 1. The lowest BCUT2D eigenvalue weighted by Gasteiger charge is -2.13. The van der Waals surface area contributed by atoms with Crippen molar-refractivity contribution in [3.63, 3.8) is 0 Å². The minimum absolute atomic E-state index is 0.108. The molecule has 0 bridgehead atoms. The van der Waals surface area contributed by atoms with Crippen LogP contribution in [-0.4, -0.2) is 31.3 Å². The average molecular weight is 353 g/mol. The van der Waals surface area contributed by atoms with E-state index in [-0.39, 0.29) is 4.83 Å². The van der Waals surface area contributed by atoms with E-state index in [9.17, 15) is 0 Å². The summed E-state index contributed by atoms with van der Waals surface area (Å²) in [6.07, 6.45) is 2.22. The van der Waals surface area contributed by atoms with Gasteiger partial charge in [-0.25, -0.2) is 9.97 Å². The Bertz CT molecular complexity index is 607. The Hall–Kier alpha value is -1.82. The van der Waals surface area contributed by atoms with Gasteiger partial charge < -0.3 is 14.2 Å². The minimum atomic E-state index is 0.108. The molecule has 1 aromatic heterocycles. The zero-order valence-electron chi connectivity index (χ0n) is 12.2. The molecular weight excluding hydrogens is 336 g/mol. The third kappa shape index (κ3) is 3.85. The number of aromatic nitrogens is 2. The molecule has 0 fully saturated rings. The highest BCUT2D eigenvalue weighted by Crippen LogP contribution is 2.34. The van der Waals surface area contributed by atoms with E-state index < -0.39 is 0 Å². The van der Waals surface area contributed by atoms with Crippen LogP contribution in [0.15, 0.2) is 30.6 Å². The second-order valence-corrected chi connectivity index (χ2v) is 5.44. The molecule has 0 spiro atoms. The van der Waals surface area contributed by atoms with Gasteiger partial charge in [-0.2, -0.15) is 0 Å². The number of methoxy groups -OCH3 is 3. The summed E-state index contributed by atoms with van der Waals surface area (Å²) in [7, 11) is 4.84. The molecule has 0 aliphatic rings. The molecule has 0 amide bonds. The first kappa shape index (κ1) is 15.6. The van der Waals surface area contributed by atoms with Crippen molar-refractivity contribution in [3.8, 4) is 17.4 Å². The van der Waals surface area contributed by atoms with Crippen molar-refractivity contribution in [2.45, 2.75) is 11.2 Å². The first-order chi connectivity index (χ1) is 10.2. The topological polar surface area (TPSA) is 53.5 Å². The van der Waals surface area contributed by atoms with Gasteiger partial charge in [0.05, 0.1) is 21.3 Å². The summed E-state index contributed by atoms with van der Waals surface area (Å²) in [5.74, 6) is 1.98. The Morgan fingerprint density at radius 1 is 1.00 bits per heavy atom. The highest BCUT2D eigenvalue weighted by Gasteiger charge is 2.13. The van der Waals surface area contributed by atoms with Crippen molar-refractivity contribution < 1.29 is 14.2 Å². The first-order valence-corrected chi connectivity index (χ1v) is 7.30. The molecule has 0 radical (unpaired) electrons. The molecule has 0 aliphatic heterocycles. The second kappa shape index (κ2) is 7.26. The summed E-state index contributed by atoms with van der Waals surface area (Å²) in [5, 5.41) is 0. The van der Waals surface area contributed by atoms with Gasteiger partial charge in [0, 0.05) is 23.0 Å². The smallest absolute Gasteiger partial charge is 0.216 e. The summed E-state index contributed by atoms with van der Waals surface area (Å²) >= 11 is 3.68. The van der Waals surface area contributed by atoms with Crippen LogP contribution >= 0.6 is 15.9 Å². The normalized spacial score (nSPS) is 11.8. The maximum absolute atomic E-state index is 5.32. The van der Waals surface area contributed by atoms with Crippen LogP contribution in [0.4, 0.5) is 0 Å². The summed E-state index contributed by atoms with van der Waals surface area (Å²) in [6.45, 7) is 0. The molecule has 0 aliphatic carbocycles. The van der Waals surface area contributed by atoms with Gasteiger partial charge in [-0.3, -0.25) is 0 Å². The number of hydrogen-bond acceptors (Lipinski definition) is 5. The Morgan fingerprint density at radius 2 is 1.76 bits per heavy atom. The van der Waals surface area contributed by atoms with E-state index in [2.05, 4.69) is 25.9 Å². The summed E-state index contributed by atoms with van der Waals surface area (Å²) in [5.41, 5.74) is 1.99. The van der Waals surface area contributed by atoms with Crippen LogP contribution in [0.5, 0.6) is 17.4 Å². The molecule has 0 saturated heterocycles. The largest absolute Gasteiger partial charge is 0.493 e. The highest BCUT2D eigenvalue weighted by molar-refractivity contribution is 9.09. The number of hydrogen-bond donors (Lipinski definition) is 0. The van der Waals surface area contributed by atoms with Gasteiger partial charge in [-0.15, -0.1) is 0 Å². The van der Waals surface area contributed by atoms with Gasteiger partial charge in [0.2, 0.25) is 5.88 Å². The monoisotopic (exact) mass is 352 g/mol. The SMILES string of the molecule is COc1cc(CC(Br)c2ccc(OC)c(OC)c2)ncn1. The van der Waals surface area contributed by atoms with Gasteiger partial charge in [0.1, 0.15) is 6.33 Å². The Balaban J connectivity index is 2.17. The minimum Gasteiger partial charge on any atom is -0.493 e. The van der Waals surface area contributed by atoms with Crippen LogP contribution in [0.3, 0.4) is 0 Å². The number of rotatable bonds is 6. The van der Waals surface area contributed by atoms with Crippen LogP contribution in [-0.2, 0) is 6.42 Å². The van der Waals surface area contributed by atoms with E-state index in [1.54, 1.807) is 21.3 Å². The van der Waals surface area contributed by atoms with Crippen molar-refractivity contribution in [1.29, 1.82) is 0 Å². The lowest BCUT2D eigenvalue weighted by atomic mass is 10.1. The third-order valence-electron chi connectivity index (χ3n) is 3.07. The maximum atomic E-state index is 5.32. The number of ether oxygens (including phenoxy) is 3. The number of halogens is 1. The van der Waals surface area contributed by atoms with Crippen molar-refractivity contribution >= 4 is 15.9 Å². The van der Waals surface area contributed by atoms with Gasteiger partial charge in [0.15, 0.2) is 11.5 Å². The molecular formula is C15H17BrN2O3. The van der Waals surface area contributed by atoms with Gasteiger partial charge in [-0.05, 0) is 17.7 Å². The molecule has 5 nitrogen and oxygen atoms in total. The molecule has 0 saturated carbocycles. The maximum Gasteiger partial charge on any atom is 0.216 e. The van der Waals surface area contributed by atoms with E-state index in [0.29, 0.717) is 23.8 Å². The predicted molar refractivity (Wildman–Crippen MR) is 83.5 cm³/mol. The van der Waals surface area contributed by atoms with Crippen molar-refractivity contribution in [3.05, 3.63) is 41.9 Å². The number of benzene rings is 1.